The lowest BCUT2D eigenvalue weighted by atomic mass is 10.2. The molecule has 7 heteroatoms. The minimum atomic E-state index is -1.63. The molecular formula is C20H23N3O4. The molecule has 27 heavy (non-hydrogen) atoms. The Morgan fingerprint density at radius 1 is 1.15 bits per heavy atom. The summed E-state index contributed by atoms with van der Waals surface area (Å²) >= 11 is 0. The van der Waals surface area contributed by atoms with Gasteiger partial charge in [-0.3, -0.25) is 4.79 Å². The Balaban J connectivity index is 1.65. The molecule has 0 radical (unpaired) electrons. The topological polar surface area (TPSA) is 90.9 Å². The molecule has 1 heterocycles. The molecule has 1 fully saturated rings. The number of carbonyl (C=O) groups is 2. The van der Waals surface area contributed by atoms with Gasteiger partial charge in [-0.1, -0.05) is 12.1 Å². The normalized spacial score (nSPS) is 15.1. The number of carboxylic acid groups (broad SMARTS) is 1. The summed E-state index contributed by atoms with van der Waals surface area (Å²) in [6.07, 6.45) is -1.63. The van der Waals surface area contributed by atoms with E-state index in [1.54, 1.807) is 30.3 Å². The highest BCUT2D eigenvalue weighted by Crippen LogP contribution is 2.19. The fourth-order valence-corrected chi connectivity index (χ4v) is 2.93. The van der Waals surface area contributed by atoms with Gasteiger partial charge in [-0.05, 0) is 48.9 Å². The molecule has 1 atom stereocenters. The Bertz CT molecular complexity index is 801. The number of nitrogens with zero attached hydrogens (tertiary/aromatic N) is 1. The quantitative estimate of drug-likeness (QED) is 0.674. The van der Waals surface area contributed by atoms with Gasteiger partial charge in [-0.2, -0.15) is 0 Å². The largest absolute Gasteiger partial charge is 0.478 e. The van der Waals surface area contributed by atoms with Crippen molar-refractivity contribution in [1.82, 2.24) is 5.32 Å². The number of hydrogen-bond donors (Lipinski definition) is 3. The van der Waals surface area contributed by atoms with Crippen LogP contribution in [0, 0.1) is 6.92 Å². The first-order chi connectivity index (χ1) is 13.0. The molecule has 2 aromatic rings. The summed E-state index contributed by atoms with van der Waals surface area (Å²) in [5.74, 6) is -1.73. The third-order valence-electron chi connectivity index (χ3n) is 4.32. The van der Waals surface area contributed by atoms with Gasteiger partial charge in [0.15, 0.2) is 0 Å². The summed E-state index contributed by atoms with van der Waals surface area (Å²) in [5, 5.41) is 15.3. The Kier molecular flexibility index (Phi) is 5.93. The number of carboxylic acids is 1. The first-order valence-electron chi connectivity index (χ1n) is 8.85. The van der Waals surface area contributed by atoms with Crippen molar-refractivity contribution < 1.29 is 19.4 Å². The van der Waals surface area contributed by atoms with Crippen LogP contribution in [0.3, 0.4) is 0 Å². The van der Waals surface area contributed by atoms with Crippen LogP contribution in [0.5, 0.6) is 5.75 Å². The monoisotopic (exact) mass is 369 g/mol. The SMILES string of the molecule is Cc1cccc(OC(C(=O)O)C(=O)Nc2ccc(N3CCNCC3)cc2)c1. The molecule has 0 spiro atoms. The van der Waals surface area contributed by atoms with Crippen molar-refractivity contribution >= 4 is 23.3 Å². The van der Waals surface area contributed by atoms with Crippen LogP contribution in [0.15, 0.2) is 48.5 Å². The molecule has 0 aliphatic carbocycles. The zero-order chi connectivity index (χ0) is 19.2. The van der Waals surface area contributed by atoms with Crippen LogP contribution in [-0.2, 0) is 9.59 Å². The first kappa shape index (κ1) is 18.7. The van der Waals surface area contributed by atoms with Gasteiger partial charge in [0.05, 0.1) is 0 Å². The van der Waals surface area contributed by atoms with Crippen LogP contribution in [0.4, 0.5) is 11.4 Å². The maximum Gasteiger partial charge on any atom is 0.354 e. The number of amides is 1. The van der Waals surface area contributed by atoms with Crippen LogP contribution in [-0.4, -0.2) is 49.3 Å². The average Bonchev–Trinajstić information content (AvgIpc) is 2.67. The van der Waals surface area contributed by atoms with E-state index in [2.05, 4.69) is 15.5 Å². The predicted molar refractivity (Wildman–Crippen MR) is 103 cm³/mol. The van der Waals surface area contributed by atoms with E-state index < -0.39 is 18.0 Å². The van der Waals surface area contributed by atoms with Crippen LogP contribution in [0.25, 0.3) is 0 Å². The van der Waals surface area contributed by atoms with Crippen molar-refractivity contribution in [3.63, 3.8) is 0 Å². The van der Waals surface area contributed by atoms with Crippen LogP contribution in [0.2, 0.25) is 0 Å². The number of aliphatic carboxylic acids is 1. The molecule has 2 aromatic carbocycles. The number of hydrogen-bond acceptors (Lipinski definition) is 5. The van der Waals surface area contributed by atoms with Gasteiger partial charge in [-0.25, -0.2) is 4.79 Å². The molecule has 3 N–H and O–H groups in total. The maximum absolute atomic E-state index is 12.4. The second-order valence-corrected chi connectivity index (χ2v) is 6.43. The van der Waals surface area contributed by atoms with Gasteiger partial charge in [0, 0.05) is 37.6 Å². The summed E-state index contributed by atoms with van der Waals surface area (Å²) < 4.78 is 5.38. The highest BCUT2D eigenvalue weighted by Gasteiger charge is 2.28. The molecule has 0 saturated carbocycles. The zero-order valence-electron chi connectivity index (χ0n) is 15.1. The average molecular weight is 369 g/mol. The highest BCUT2D eigenvalue weighted by atomic mass is 16.5. The maximum atomic E-state index is 12.4. The molecule has 1 amide bonds. The van der Waals surface area contributed by atoms with Crippen molar-refractivity contribution in [2.75, 3.05) is 36.4 Å². The Morgan fingerprint density at radius 2 is 1.85 bits per heavy atom. The number of aryl methyl sites for hydroxylation is 1. The van der Waals surface area contributed by atoms with E-state index in [9.17, 15) is 14.7 Å². The minimum Gasteiger partial charge on any atom is -0.478 e. The lowest BCUT2D eigenvalue weighted by molar-refractivity contribution is -0.149. The number of carbonyl (C=O) groups excluding carboxylic acids is 1. The second-order valence-electron chi connectivity index (χ2n) is 6.43. The fourth-order valence-electron chi connectivity index (χ4n) is 2.93. The Hall–Kier alpha value is -3.06. The number of anilines is 2. The lowest BCUT2D eigenvalue weighted by Crippen LogP contribution is -2.43. The summed E-state index contributed by atoms with van der Waals surface area (Å²) in [6, 6.07) is 14.3. The lowest BCUT2D eigenvalue weighted by Gasteiger charge is -2.29. The van der Waals surface area contributed by atoms with E-state index in [0.717, 1.165) is 37.4 Å². The van der Waals surface area contributed by atoms with Crippen LogP contribution >= 0.6 is 0 Å². The third-order valence-corrected chi connectivity index (χ3v) is 4.32. The van der Waals surface area contributed by atoms with Crippen molar-refractivity contribution in [2.24, 2.45) is 0 Å². The first-order valence-corrected chi connectivity index (χ1v) is 8.85. The van der Waals surface area contributed by atoms with Gasteiger partial charge in [0.2, 0.25) is 0 Å². The van der Waals surface area contributed by atoms with Gasteiger partial charge in [0.25, 0.3) is 12.0 Å². The van der Waals surface area contributed by atoms with Gasteiger partial charge >= 0.3 is 5.97 Å². The van der Waals surface area contributed by atoms with Crippen LogP contribution in [0.1, 0.15) is 5.56 Å². The van der Waals surface area contributed by atoms with E-state index in [1.165, 1.54) is 0 Å². The number of nitrogens with one attached hydrogen (secondary N) is 2. The van der Waals surface area contributed by atoms with E-state index in [-0.39, 0.29) is 0 Å². The summed E-state index contributed by atoms with van der Waals surface area (Å²) in [5.41, 5.74) is 2.51. The molecule has 1 saturated heterocycles. The molecule has 7 nitrogen and oxygen atoms in total. The molecule has 1 aliphatic heterocycles. The van der Waals surface area contributed by atoms with Crippen molar-refractivity contribution in [3.05, 3.63) is 54.1 Å². The van der Waals surface area contributed by atoms with Crippen molar-refractivity contribution in [3.8, 4) is 5.75 Å². The molecule has 142 valence electrons. The fraction of sp³-hybridized carbons (Fsp3) is 0.300. The highest BCUT2D eigenvalue weighted by molar-refractivity contribution is 6.07. The van der Waals surface area contributed by atoms with Gasteiger partial charge in [0.1, 0.15) is 5.75 Å². The molecule has 0 bridgehead atoms. The van der Waals surface area contributed by atoms with E-state index >= 15 is 0 Å². The van der Waals surface area contributed by atoms with Gasteiger partial charge in [-0.15, -0.1) is 0 Å². The van der Waals surface area contributed by atoms with Crippen molar-refractivity contribution in [1.29, 1.82) is 0 Å². The second kappa shape index (κ2) is 8.55. The van der Waals surface area contributed by atoms with Gasteiger partial charge < -0.3 is 25.4 Å². The molecular weight excluding hydrogens is 346 g/mol. The Morgan fingerprint density at radius 3 is 2.48 bits per heavy atom. The molecule has 3 rings (SSSR count). The van der Waals surface area contributed by atoms with Crippen molar-refractivity contribution in [2.45, 2.75) is 13.0 Å². The number of piperazine rings is 1. The van der Waals surface area contributed by atoms with E-state index in [0.29, 0.717) is 11.4 Å². The molecule has 0 aromatic heterocycles. The van der Waals surface area contributed by atoms with E-state index in [1.807, 2.05) is 25.1 Å². The van der Waals surface area contributed by atoms with Crippen LogP contribution < -0.4 is 20.3 Å². The molecule has 1 unspecified atom stereocenters. The summed E-state index contributed by atoms with van der Waals surface area (Å²) in [6.45, 7) is 5.60. The number of ether oxygens (including phenoxy) is 1. The smallest absolute Gasteiger partial charge is 0.354 e. The standard InChI is InChI=1S/C20H23N3O4/c1-14-3-2-4-17(13-14)27-18(20(25)26)19(24)22-15-5-7-16(8-6-15)23-11-9-21-10-12-23/h2-8,13,18,21H,9-12H2,1H3,(H,22,24)(H,25,26). The minimum absolute atomic E-state index is 0.339. The third kappa shape index (κ3) is 4.98. The summed E-state index contributed by atoms with van der Waals surface area (Å²) in [7, 11) is 0. The van der Waals surface area contributed by atoms with E-state index in [4.69, 9.17) is 4.74 Å². The predicted octanol–water partition coefficient (Wildman–Crippen LogP) is 1.88. The zero-order valence-corrected chi connectivity index (χ0v) is 15.1. The summed E-state index contributed by atoms with van der Waals surface area (Å²) in [4.78, 5) is 26.1. The molecule has 1 aliphatic rings. The number of benzene rings is 2. The Labute approximate surface area is 157 Å². The number of rotatable bonds is 6.